The first-order valence-corrected chi connectivity index (χ1v) is 8.78. The lowest BCUT2D eigenvalue weighted by Gasteiger charge is -2.28. The van der Waals surface area contributed by atoms with Crippen molar-refractivity contribution in [1.82, 2.24) is 10.6 Å². The van der Waals surface area contributed by atoms with Crippen LogP contribution in [0.15, 0.2) is 0 Å². The zero-order valence-corrected chi connectivity index (χ0v) is 13.3. The van der Waals surface area contributed by atoms with Gasteiger partial charge in [0, 0.05) is 24.4 Å². The molecule has 0 aliphatic heterocycles. The topological polar surface area (TPSA) is 58.2 Å². The first-order valence-electron chi connectivity index (χ1n) is 8.78. The zero-order valence-electron chi connectivity index (χ0n) is 13.3. The van der Waals surface area contributed by atoms with Gasteiger partial charge in [0.05, 0.1) is 0 Å². The summed E-state index contributed by atoms with van der Waals surface area (Å²) in [6.45, 7) is 2.91. The van der Waals surface area contributed by atoms with Crippen molar-refractivity contribution < 1.29 is 9.59 Å². The third-order valence-electron chi connectivity index (χ3n) is 5.00. The molecule has 0 heterocycles. The summed E-state index contributed by atoms with van der Waals surface area (Å²) in [5.41, 5.74) is 0. The quantitative estimate of drug-likeness (QED) is 0.740. The first kappa shape index (κ1) is 16.3. The second-order valence-electron chi connectivity index (χ2n) is 6.68. The highest BCUT2D eigenvalue weighted by Gasteiger charge is 2.30. The maximum absolute atomic E-state index is 12.2. The molecule has 2 aliphatic rings. The molecule has 120 valence electrons. The van der Waals surface area contributed by atoms with Gasteiger partial charge in [-0.1, -0.05) is 26.2 Å². The number of hydrogen-bond donors (Lipinski definition) is 2. The van der Waals surface area contributed by atoms with Crippen molar-refractivity contribution in [3.63, 3.8) is 0 Å². The Bertz CT molecular complexity index is 343. The molecule has 0 bridgehead atoms. The van der Waals surface area contributed by atoms with Gasteiger partial charge < -0.3 is 10.6 Å². The summed E-state index contributed by atoms with van der Waals surface area (Å²) in [5, 5.41) is 6.21. The molecular weight excluding hydrogens is 264 g/mol. The van der Waals surface area contributed by atoms with Crippen LogP contribution < -0.4 is 10.6 Å². The summed E-state index contributed by atoms with van der Waals surface area (Å²) in [6.07, 6.45) is 10.4. The van der Waals surface area contributed by atoms with Crippen molar-refractivity contribution in [2.24, 2.45) is 11.8 Å². The third kappa shape index (κ3) is 5.01. The fraction of sp³-hybridized carbons (Fsp3) is 0.882. The maximum Gasteiger partial charge on any atom is 0.223 e. The predicted molar refractivity (Wildman–Crippen MR) is 83.8 cm³/mol. The van der Waals surface area contributed by atoms with E-state index in [1.807, 2.05) is 0 Å². The smallest absolute Gasteiger partial charge is 0.223 e. The van der Waals surface area contributed by atoms with Crippen LogP contribution in [0.4, 0.5) is 0 Å². The SMILES string of the molecule is CCCCNC(=O)C1CCC(C(=O)NC2CCCC2)CC1. The highest BCUT2D eigenvalue weighted by Crippen LogP contribution is 2.29. The van der Waals surface area contributed by atoms with Crippen molar-refractivity contribution in [2.75, 3.05) is 6.54 Å². The van der Waals surface area contributed by atoms with Crippen LogP contribution in [0.1, 0.15) is 71.1 Å². The highest BCUT2D eigenvalue weighted by molar-refractivity contribution is 5.81. The molecule has 2 rings (SSSR count). The number of carbonyl (C=O) groups is 2. The molecule has 0 radical (unpaired) electrons. The minimum atomic E-state index is 0.123. The average Bonchev–Trinajstić information content (AvgIpc) is 3.00. The van der Waals surface area contributed by atoms with Crippen LogP contribution in [0, 0.1) is 11.8 Å². The Balaban J connectivity index is 1.67. The second kappa shape index (κ2) is 8.40. The Morgan fingerprint density at radius 2 is 1.48 bits per heavy atom. The Hall–Kier alpha value is -1.06. The van der Waals surface area contributed by atoms with Gasteiger partial charge in [0.25, 0.3) is 0 Å². The summed E-state index contributed by atoms with van der Waals surface area (Å²) in [6, 6.07) is 0.410. The fourth-order valence-corrected chi connectivity index (χ4v) is 3.54. The van der Waals surface area contributed by atoms with E-state index in [1.165, 1.54) is 12.8 Å². The molecule has 2 aliphatic carbocycles. The molecule has 0 aromatic carbocycles. The van der Waals surface area contributed by atoms with Crippen LogP contribution >= 0.6 is 0 Å². The lowest BCUT2D eigenvalue weighted by Crippen LogP contribution is -2.40. The minimum Gasteiger partial charge on any atom is -0.356 e. The van der Waals surface area contributed by atoms with Gasteiger partial charge in [-0.2, -0.15) is 0 Å². The number of carbonyl (C=O) groups excluding carboxylic acids is 2. The fourth-order valence-electron chi connectivity index (χ4n) is 3.54. The van der Waals surface area contributed by atoms with E-state index in [1.54, 1.807) is 0 Å². The van der Waals surface area contributed by atoms with Crippen LogP contribution in [-0.2, 0) is 9.59 Å². The van der Waals surface area contributed by atoms with Crippen molar-refractivity contribution in [3.05, 3.63) is 0 Å². The van der Waals surface area contributed by atoms with E-state index in [9.17, 15) is 9.59 Å². The van der Waals surface area contributed by atoms with E-state index >= 15 is 0 Å². The monoisotopic (exact) mass is 294 g/mol. The van der Waals surface area contributed by atoms with Crippen molar-refractivity contribution in [1.29, 1.82) is 0 Å². The van der Waals surface area contributed by atoms with E-state index < -0.39 is 0 Å². The van der Waals surface area contributed by atoms with Gasteiger partial charge in [-0.15, -0.1) is 0 Å². The Labute approximate surface area is 128 Å². The summed E-state index contributed by atoms with van der Waals surface area (Å²) < 4.78 is 0. The van der Waals surface area contributed by atoms with Gasteiger partial charge >= 0.3 is 0 Å². The Kier molecular flexibility index (Phi) is 6.52. The molecule has 0 aromatic rings. The Morgan fingerprint density at radius 1 is 0.905 bits per heavy atom. The highest BCUT2D eigenvalue weighted by atomic mass is 16.2. The average molecular weight is 294 g/mol. The molecule has 2 N–H and O–H groups in total. The molecule has 2 amide bonds. The van der Waals surface area contributed by atoms with Gasteiger partial charge in [-0.05, 0) is 44.9 Å². The number of amides is 2. The van der Waals surface area contributed by atoms with E-state index in [2.05, 4.69) is 17.6 Å². The van der Waals surface area contributed by atoms with E-state index in [-0.39, 0.29) is 23.7 Å². The summed E-state index contributed by atoms with van der Waals surface area (Å²) >= 11 is 0. The Morgan fingerprint density at radius 3 is 2.05 bits per heavy atom. The summed E-state index contributed by atoms with van der Waals surface area (Å²) in [5.74, 6) is 0.674. The number of nitrogens with one attached hydrogen (secondary N) is 2. The lowest BCUT2D eigenvalue weighted by atomic mass is 9.81. The lowest BCUT2D eigenvalue weighted by molar-refractivity contribution is -0.130. The predicted octanol–water partition coefficient (Wildman–Crippen LogP) is 2.77. The normalized spacial score (nSPS) is 26.5. The molecule has 2 saturated carbocycles. The van der Waals surface area contributed by atoms with Crippen LogP contribution in [0.2, 0.25) is 0 Å². The number of hydrogen-bond acceptors (Lipinski definition) is 2. The molecular formula is C17H30N2O2. The minimum absolute atomic E-state index is 0.123. The van der Waals surface area contributed by atoms with Crippen LogP contribution in [-0.4, -0.2) is 24.4 Å². The standard InChI is InChI=1S/C17H30N2O2/c1-2-3-12-18-16(20)13-8-10-14(11-9-13)17(21)19-15-6-4-5-7-15/h13-15H,2-12H2,1H3,(H,18,20)(H,19,21). The van der Waals surface area contributed by atoms with Gasteiger partial charge in [-0.25, -0.2) is 0 Å². The van der Waals surface area contributed by atoms with Crippen molar-refractivity contribution in [3.8, 4) is 0 Å². The first-order chi connectivity index (χ1) is 10.2. The van der Waals surface area contributed by atoms with Crippen LogP contribution in [0.25, 0.3) is 0 Å². The summed E-state index contributed by atoms with van der Waals surface area (Å²) in [4.78, 5) is 24.2. The van der Waals surface area contributed by atoms with Crippen molar-refractivity contribution in [2.45, 2.75) is 77.2 Å². The molecule has 2 fully saturated rings. The molecule has 0 atom stereocenters. The van der Waals surface area contributed by atoms with Crippen LogP contribution in [0.3, 0.4) is 0 Å². The van der Waals surface area contributed by atoms with E-state index in [0.29, 0.717) is 6.04 Å². The number of rotatable bonds is 6. The van der Waals surface area contributed by atoms with Crippen LogP contribution in [0.5, 0.6) is 0 Å². The van der Waals surface area contributed by atoms with E-state index in [0.717, 1.165) is 57.9 Å². The second-order valence-corrected chi connectivity index (χ2v) is 6.68. The molecule has 0 unspecified atom stereocenters. The molecule has 21 heavy (non-hydrogen) atoms. The van der Waals surface area contributed by atoms with Gasteiger partial charge in [0.1, 0.15) is 0 Å². The maximum atomic E-state index is 12.2. The molecule has 0 spiro atoms. The van der Waals surface area contributed by atoms with Crippen molar-refractivity contribution >= 4 is 11.8 Å². The van der Waals surface area contributed by atoms with E-state index in [4.69, 9.17) is 0 Å². The molecule has 0 aromatic heterocycles. The largest absolute Gasteiger partial charge is 0.356 e. The van der Waals surface area contributed by atoms with Gasteiger partial charge in [0.15, 0.2) is 0 Å². The zero-order chi connectivity index (χ0) is 15.1. The van der Waals surface area contributed by atoms with Gasteiger partial charge in [-0.3, -0.25) is 9.59 Å². The van der Waals surface area contributed by atoms with Gasteiger partial charge in [0.2, 0.25) is 11.8 Å². The molecule has 4 heteroatoms. The summed E-state index contributed by atoms with van der Waals surface area (Å²) in [7, 11) is 0. The number of unbranched alkanes of at least 4 members (excludes halogenated alkanes) is 1. The molecule has 0 saturated heterocycles. The molecule has 4 nitrogen and oxygen atoms in total. The third-order valence-corrected chi connectivity index (χ3v) is 5.00.